The minimum absolute atomic E-state index is 0.314. The van der Waals surface area contributed by atoms with Crippen molar-refractivity contribution in [1.82, 2.24) is 9.80 Å². The van der Waals surface area contributed by atoms with Crippen LogP contribution in [-0.2, 0) is 0 Å². The molecule has 1 aliphatic carbocycles. The van der Waals surface area contributed by atoms with Crippen molar-refractivity contribution in [3.05, 3.63) is 35.4 Å². The smallest absolute Gasteiger partial charge is 0.191 e. The highest BCUT2D eigenvalue weighted by molar-refractivity contribution is 5.80. The Hall–Kier alpha value is -1.55. The highest BCUT2D eigenvalue weighted by Gasteiger charge is 2.29. The van der Waals surface area contributed by atoms with Gasteiger partial charge in [0.25, 0.3) is 0 Å². The zero-order valence-electron chi connectivity index (χ0n) is 12.4. The highest BCUT2D eigenvalue weighted by atomic mass is 15.3. The van der Waals surface area contributed by atoms with Gasteiger partial charge in [-0.05, 0) is 44.0 Å². The molecule has 1 atom stereocenters. The first kappa shape index (κ1) is 13.4. The van der Waals surface area contributed by atoms with Crippen LogP contribution < -0.4 is 5.73 Å². The van der Waals surface area contributed by atoms with E-state index in [1.165, 1.54) is 24.0 Å². The zero-order valence-corrected chi connectivity index (χ0v) is 12.4. The molecule has 1 aromatic rings. The van der Waals surface area contributed by atoms with Gasteiger partial charge in [0.1, 0.15) is 0 Å². The van der Waals surface area contributed by atoms with Gasteiger partial charge in [0.2, 0.25) is 0 Å². The summed E-state index contributed by atoms with van der Waals surface area (Å²) in [5.41, 5.74) is 8.91. The van der Waals surface area contributed by atoms with Crippen LogP contribution in [0.4, 0.5) is 0 Å². The molecule has 1 heterocycles. The van der Waals surface area contributed by atoms with Crippen molar-refractivity contribution in [2.45, 2.75) is 24.8 Å². The maximum atomic E-state index is 6.06. The van der Waals surface area contributed by atoms with Gasteiger partial charge in [-0.1, -0.05) is 24.3 Å². The van der Waals surface area contributed by atoms with Crippen LogP contribution in [0.3, 0.4) is 0 Å². The second-order valence-corrected chi connectivity index (χ2v) is 6.16. The summed E-state index contributed by atoms with van der Waals surface area (Å²) in [5, 5.41) is 0. The fraction of sp³-hybridized carbons (Fsp3) is 0.562. The van der Waals surface area contributed by atoms with Crippen molar-refractivity contribution in [3.63, 3.8) is 0 Å². The van der Waals surface area contributed by atoms with E-state index in [9.17, 15) is 0 Å². The Bertz CT molecular complexity index is 505. The van der Waals surface area contributed by atoms with Crippen LogP contribution in [0.5, 0.6) is 0 Å². The van der Waals surface area contributed by atoms with Gasteiger partial charge in [0, 0.05) is 13.1 Å². The van der Waals surface area contributed by atoms with Crippen LogP contribution in [0.1, 0.15) is 35.9 Å². The minimum Gasteiger partial charge on any atom is -0.370 e. The molecule has 2 N–H and O–H groups in total. The third-order valence-electron chi connectivity index (χ3n) is 4.23. The molecule has 0 amide bonds. The normalized spacial score (nSPS) is 22.4. The molecule has 1 aromatic carbocycles. The van der Waals surface area contributed by atoms with E-state index in [1.54, 1.807) is 0 Å². The molecular weight excluding hydrogens is 248 g/mol. The van der Waals surface area contributed by atoms with Crippen LogP contribution >= 0.6 is 0 Å². The monoisotopic (exact) mass is 272 g/mol. The molecular formula is C16H24N4. The summed E-state index contributed by atoms with van der Waals surface area (Å²) >= 11 is 0. The van der Waals surface area contributed by atoms with Gasteiger partial charge in [-0.15, -0.1) is 0 Å². The zero-order chi connectivity index (χ0) is 14.1. The molecule has 1 aliphatic heterocycles. The average molecular weight is 272 g/mol. The number of rotatable bonds is 5. The summed E-state index contributed by atoms with van der Waals surface area (Å²) < 4.78 is 0. The van der Waals surface area contributed by atoms with Crippen molar-refractivity contribution in [3.8, 4) is 0 Å². The van der Waals surface area contributed by atoms with Crippen LogP contribution in [0.2, 0.25) is 0 Å². The molecule has 2 aliphatic rings. The maximum absolute atomic E-state index is 6.06. The Kier molecular flexibility index (Phi) is 3.66. The summed E-state index contributed by atoms with van der Waals surface area (Å²) in [7, 11) is 4.18. The van der Waals surface area contributed by atoms with Gasteiger partial charge in [0.15, 0.2) is 5.96 Å². The molecule has 1 fully saturated rings. The third kappa shape index (κ3) is 2.80. The van der Waals surface area contributed by atoms with Crippen molar-refractivity contribution < 1.29 is 0 Å². The highest BCUT2D eigenvalue weighted by Crippen LogP contribution is 2.41. The lowest BCUT2D eigenvalue weighted by Crippen LogP contribution is -2.40. The lowest BCUT2D eigenvalue weighted by Gasteiger charge is -2.28. The van der Waals surface area contributed by atoms with Crippen LogP contribution in [0, 0.1) is 0 Å². The van der Waals surface area contributed by atoms with Crippen molar-refractivity contribution >= 4 is 5.96 Å². The van der Waals surface area contributed by atoms with E-state index in [1.807, 2.05) is 0 Å². The molecule has 3 rings (SSSR count). The number of guanidine groups is 1. The van der Waals surface area contributed by atoms with Crippen LogP contribution in [0.15, 0.2) is 29.3 Å². The number of hydrogen-bond donors (Lipinski definition) is 1. The van der Waals surface area contributed by atoms with Gasteiger partial charge in [-0.2, -0.15) is 0 Å². The first-order valence-electron chi connectivity index (χ1n) is 7.46. The third-order valence-corrected chi connectivity index (χ3v) is 4.23. The SMILES string of the molecule is CN(C)CCN1C(N)=NCC1c1cccc(C2CC2)c1. The number of likely N-dealkylation sites (N-methyl/N-ethyl adjacent to an activating group) is 1. The average Bonchev–Trinajstić information content (AvgIpc) is 3.21. The van der Waals surface area contributed by atoms with E-state index in [-0.39, 0.29) is 0 Å². The Morgan fingerprint density at radius 2 is 2.05 bits per heavy atom. The number of nitrogens with zero attached hydrogens (tertiary/aromatic N) is 3. The Balaban J connectivity index is 1.76. The predicted molar refractivity (Wildman–Crippen MR) is 82.9 cm³/mol. The van der Waals surface area contributed by atoms with Crippen molar-refractivity contribution in [2.24, 2.45) is 10.7 Å². The van der Waals surface area contributed by atoms with Gasteiger partial charge >= 0.3 is 0 Å². The van der Waals surface area contributed by atoms with Gasteiger partial charge in [0.05, 0.1) is 12.6 Å². The van der Waals surface area contributed by atoms with Gasteiger partial charge in [-0.25, -0.2) is 0 Å². The molecule has 0 aromatic heterocycles. The van der Waals surface area contributed by atoms with E-state index < -0.39 is 0 Å². The van der Waals surface area contributed by atoms with E-state index in [0.29, 0.717) is 12.0 Å². The maximum Gasteiger partial charge on any atom is 0.191 e. The fourth-order valence-corrected chi connectivity index (χ4v) is 2.83. The number of nitrogens with two attached hydrogens (primary N) is 1. The summed E-state index contributed by atoms with van der Waals surface area (Å²) in [4.78, 5) is 8.87. The van der Waals surface area contributed by atoms with Crippen molar-refractivity contribution in [2.75, 3.05) is 33.7 Å². The molecule has 0 radical (unpaired) electrons. The van der Waals surface area contributed by atoms with Gasteiger partial charge < -0.3 is 15.5 Å². The summed E-state index contributed by atoms with van der Waals surface area (Å²) in [6, 6.07) is 9.33. The topological polar surface area (TPSA) is 44.9 Å². The number of hydrogen-bond acceptors (Lipinski definition) is 4. The Morgan fingerprint density at radius 1 is 1.30 bits per heavy atom. The van der Waals surface area contributed by atoms with Crippen molar-refractivity contribution in [1.29, 1.82) is 0 Å². The quantitative estimate of drug-likeness (QED) is 0.889. The summed E-state index contributed by atoms with van der Waals surface area (Å²) in [5.74, 6) is 1.48. The molecule has 108 valence electrons. The van der Waals surface area contributed by atoms with Gasteiger partial charge in [-0.3, -0.25) is 4.99 Å². The van der Waals surface area contributed by atoms with Crippen LogP contribution in [0.25, 0.3) is 0 Å². The van der Waals surface area contributed by atoms with E-state index in [0.717, 1.165) is 25.6 Å². The summed E-state index contributed by atoms with van der Waals surface area (Å²) in [6.07, 6.45) is 2.69. The second-order valence-electron chi connectivity index (χ2n) is 6.16. The summed E-state index contributed by atoms with van der Waals surface area (Å²) in [6.45, 7) is 2.71. The molecule has 20 heavy (non-hydrogen) atoms. The molecule has 4 heteroatoms. The van der Waals surface area contributed by atoms with E-state index >= 15 is 0 Å². The Labute approximate surface area is 121 Å². The first-order chi connectivity index (χ1) is 9.65. The molecule has 0 bridgehead atoms. The number of benzene rings is 1. The molecule has 1 unspecified atom stereocenters. The van der Waals surface area contributed by atoms with Crippen LogP contribution in [-0.4, -0.2) is 49.5 Å². The van der Waals surface area contributed by atoms with E-state index in [2.05, 4.69) is 53.2 Å². The van der Waals surface area contributed by atoms with E-state index in [4.69, 9.17) is 5.73 Å². The number of aliphatic imine (C=N–C) groups is 1. The predicted octanol–water partition coefficient (Wildman–Crippen LogP) is 1.80. The lowest BCUT2D eigenvalue weighted by atomic mass is 10.0. The molecule has 4 nitrogen and oxygen atoms in total. The second kappa shape index (κ2) is 5.44. The molecule has 1 saturated carbocycles. The molecule has 0 saturated heterocycles. The standard InChI is InChI=1S/C16H24N4/c1-19(2)8-9-20-15(11-18-16(20)17)14-5-3-4-13(10-14)12-6-7-12/h3-5,10,12,15H,6-9,11H2,1-2H3,(H2,17,18). The lowest BCUT2D eigenvalue weighted by molar-refractivity contribution is 0.293. The first-order valence-corrected chi connectivity index (χ1v) is 7.46. The fourth-order valence-electron chi connectivity index (χ4n) is 2.83. The Morgan fingerprint density at radius 3 is 2.75 bits per heavy atom. The molecule has 0 spiro atoms. The minimum atomic E-state index is 0.314. The largest absolute Gasteiger partial charge is 0.370 e.